The van der Waals surface area contributed by atoms with E-state index in [-0.39, 0.29) is 24.4 Å². The Kier molecular flexibility index (Phi) is 11.9. The van der Waals surface area contributed by atoms with Gasteiger partial charge in [0.05, 0.1) is 0 Å². The first kappa shape index (κ1) is 25.8. The summed E-state index contributed by atoms with van der Waals surface area (Å²) in [6.45, 7) is 4.16. The van der Waals surface area contributed by atoms with Gasteiger partial charge in [-0.15, -0.1) is 0 Å². The Morgan fingerprint density at radius 3 is 2.30 bits per heavy atom. The maximum absolute atomic E-state index is 12.6. The Morgan fingerprint density at radius 1 is 1.10 bits per heavy atom. The number of amides is 3. The standard InChI is InChI=1S/C21H34N4O4S/c1-14(2)11-18(25-21(29)24-17(20(27)28)9-10-30-3)19(26)23-13-16(22)12-15-7-5-4-6-8-15/h4-8,14,16-18H,9-13,22H2,1-3H3,(H,23,26)(H,27,28)(H2,24,25,29)/t16-,17+,18+/m1/s1. The molecule has 3 atom stereocenters. The number of hydrogen-bond acceptors (Lipinski definition) is 5. The van der Waals surface area contributed by atoms with Crippen LogP contribution in [0.3, 0.4) is 0 Å². The molecule has 0 bridgehead atoms. The van der Waals surface area contributed by atoms with E-state index in [1.807, 2.05) is 50.4 Å². The summed E-state index contributed by atoms with van der Waals surface area (Å²) in [5.41, 5.74) is 7.20. The average molecular weight is 439 g/mol. The van der Waals surface area contributed by atoms with Crippen LogP contribution in [-0.4, -0.2) is 59.7 Å². The third-order valence-corrected chi connectivity index (χ3v) is 5.07. The van der Waals surface area contributed by atoms with Crippen molar-refractivity contribution < 1.29 is 19.5 Å². The number of benzene rings is 1. The predicted molar refractivity (Wildman–Crippen MR) is 120 cm³/mol. The molecule has 30 heavy (non-hydrogen) atoms. The first-order valence-electron chi connectivity index (χ1n) is 10.1. The van der Waals surface area contributed by atoms with Crippen molar-refractivity contribution in [3.8, 4) is 0 Å². The number of carboxylic acid groups (broad SMARTS) is 1. The van der Waals surface area contributed by atoms with Crippen molar-refractivity contribution in [1.29, 1.82) is 0 Å². The molecule has 0 aliphatic rings. The zero-order valence-corrected chi connectivity index (χ0v) is 18.7. The van der Waals surface area contributed by atoms with E-state index >= 15 is 0 Å². The van der Waals surface area contributed by atoms with Crippen LogP contribution in [0, 0.1) is 5.92 Å². The smallest absolute Gasteiger partial charge is 0.326 e. The van der Waals surface area contributed by atoms with Gasteiger partial charge in [-0.25, -0.2) is 9.59 Å². The maximum Gasteiger partial charge on any atom is 0.326 e. The van der Waals surface area contributed by atoms with Gasteiger partial charge < -0.3 is 26.8 Å². The van der Waals surface area contributed by atoms with Gasteiger partial charge in [0.2, 0.25) is 5.91 Å². The van der Waals surface area contributed by atoms with E-state index in [9.17, 15) is 19.5 Å². The van der Waals surface area contributed by atoms with Crippen molar-refractivity contribution >= 4 is 29.7 Å². The lowest BCUT2D eigenvalue weighted by atomic mass is 10.0. The molecule has 0 unspecified atom stereocenters. The summed E-state index contributed by atoms with van der Waals surface area (Å²) >= 11 is 1.50. The largest absolute Gasteiger partial charge is 0.480 e. The molecule has 6 N–H and O–H groups in total. The van der Waals surface area contributed by atoms with E-state index in [1.54, 1.807) is 0 Å². The van der Waals surface area contributed by atoms with E-state index in [0.717, 1.165) is 5.56 Å². The highest BCUT2D eigenvalue weighted by Gasteiger charge is 2.25. The van der Waals surface area contributed by atoms with Gasteiger partial charge in [-0.2, -0.15) is 11.8 Å². The van der Waals surface area contributed by atoms with E-state index in [4.69, 9.17) is 5.73 Å². The summed E-state index contributed by atoms with van der Waals surface area (Å²) in [6, 6.07) is 7.06. The van der Waals surface area contributed by atoms with Crippen LogP contribution in [0.1, 0.15) is 32.3 Å². The van der Waals surface area contributed by atoms with Crippen LogP contribution >= 0.6 is 11.8 Å². The summed E-state index contributed by atoms with van der Waals surface area (Å²) in [6.07, 6.45) is 3.22. The molecule has 0 heterocycles. The number of aliphatic carboxylic acids is 1. The van der Waals surface area contributed by atoms with Crippen LogP contribution in [0.5, 0.6) is 0 Å². The number of urea groups is 1. The van der Waals surface area contributed by atoms with Crippen molar-refractivity contribution in [3.05, 3.63) is 35.9 Å². The Balaban J connectivity index is 2.60. The molecule has 0 radical (unpaired) electrons. The van der Waals surface area contributed by atoms with Crippen LogP contribution in [0.4, 0.5) is 4.79 Å². The minimum atomic E-state index is -1.10. The van der Waals surface area contributed by atoms with Gasteiger partial charge in [-0.1, -0.05) is 44.2 Å². The van der Waals surface area contributed by atoms with Gasteiger partial charge in [0.25, 0.3) is 0 Å². The van der Waals surface area contributed by atoms with Crippen molar-refractivity contribution in [1.82, 2.24) is 16.0 Å². The minimum Gasteiger partial charge on any atom is -0.480 e. The number of thioether (sulfide) groups is 1. The second-order valence-corrected chi connectivity index (χ2v) is 8.65. The van der Waals surface area contributed by atoms with Crippen LogP contribution < -0.4 is 21.7 Å². The molecular formula is C21H34N4O4S. The number of nitrogens with two attached hydrogens (primary N) is 1. The van der Waals surface area contributed by atoms with Crippen molar-refractivity contribution in [2.45, 2.75) is 51.2 Å². The molecule has 168 valence electrons. The molecule has 3 amide bonds. The Morgan fingerprint density at radius 2 is 1.73 bits per heavy atom. The Bertz CT molecular complexity index is 672. The molecule has 0 aliphatic carbocycles. The fraction of sp³-hybridized carbons (Fsp3) is 0.571. The van der Waals surface area contributed by atoms with Gasteiger partial charge in [0.1, 0.15) is 12.1 Å². The second kappa shape index (κ2) is 13.9. The highest BCUT2D eigenvalue weighted by atomic mass is 32.2. The molecular weight excluding hydrogens is 404 g/mol. The lowest BCUT2D eigenvalue weighted by Gasteiger charge is -2.23. The van der Waals surface area contributed by atoms with Crippen LogP contribution in [0.2, 0.25) is 0 Å². The zero-order chi connectivity index (χ0) is 22.5. The van der Waals surface area contributed by atoms with E-state index in [0.29, 0.717) is 25.0 Å². The molecule has 0 saturated heterocycles. The van der Waals surface area contributed by atoms with Crippen molar-refractivity contribution in [3.63, 3.8) is 0 Å². The number of nitrogens with one attached hydrogen (secondary N) is 3. The number of hydrogen-bond donors (Lipinski definition) is 5. The normalized spacial score (nSPS) is 13.9. The molecule has 0 aromatic heterocycles. The quantitative estimate of drug-likeness (QED) is 0.318. The summed E-state index contributed by atoms with van der Waals surface area (Å²) in [5.74, 6) is -0.674. The molecule has 9 heteroatoms. The highest BCUT2D eigenvalue weighted by molar-refractivity contribution is 7.98. The number of carbonyl (C=O) groups excluding carboxylic acids is 2. The van der Waals surface area contributed by atoms with Crippen molar-refractivity contribution in [2.24, 2.45) is 11.7 Å². The summed E-state index contributed by atoms with van der Waals surface area (Å²) in [7, 11) is 0. The van der Waals surface area contributed by atoms with E-state index < -0.39 is 24.1 Å². The lowest BCUT2D eigenvalue weighted by Crippen LogP contribution is -2.54. The number of carboxylic acids is 1. The van der Waals surface area contributed by atoms with Crippen LogP contribution in [-0.2, 0) is 16.0 Å². The first-order valence-corrected chi connectivity index (χ1v) is 11.5. The third kappa shape index (κ3) is 10.5. The fourth-order valence-corrected chi connectivity index (χ4v) is 3.37. The van der Waals surface area contributed by atoms with E-state index in [1.165, 1.54) is 11.8 Å². The molecule has 0 spiro atoms. The molecule has 0 fully saturated rings. The molecule has 1 aromatic rings. The van der Waals surface area contributed by atoms with Crippen LogP contribution in [0.25, 0.3) is 0 Å². The fourth-order valence-electron chi connectivity index (χ4n) is 2.90. The van der Waals surface area contributed by atoms with Gasteiger partial charge in [-0.05, 0) is 42.8 Å². The van der Waals surface area contributed by atoms with Gasteiger partial charge in [-0.3, -0.25) is 4.79 Å². The van der Waals surface area contributed by atoms with E-state index in [2.05, 4.69) is 16.0 Å². The summed E-state index contributed by atoms with van der Waals surface area (Å²) < 4.78 is 0. The topological polar surface area (TPSA) is 134 Å². The van der Waals surface area contributed by atoms with Gasteiger partial charge >= 0.3 is 12.0 Å². The molecule has 1 rings (SSSR count). The molecule has 8 nitrogen and oxygen atoms in total. The SMILES string of the molecule is CSCC[C@H](NC(=O)N[C@@H](CC(C)C)C(=O)NC[C@H](N)Cc1ccccc1)C(=O)O. The van der Waals surface area contributed by atoms with Gasteiger partial charge in [0.15, 0.2) is 0 Å². The Labute approximate surface area is 182 Å². The van der Waals surface area contributed by atoms with Crippen molar-refractivity contribution in [2.75, 3.05) is 18.6 Å². The predicted octanol–water partition coefficient (Wildman–Crippen LogP) is 1.59. The molecule has 1 aromatic carbocycles. The first-order chi connectivity index (χ1) is 14.2. The summed E-state index contributed by atoms with van der Waals surface area (Å²) in [5, 5.41) is 17.1. The summed E-state index contributed by atoms with van der Waals surface area (Å²) in [4.78, 5) is 36.3. The molecule has 0 aliphatic heterocycles. The molecule has 0 saturated carbocycles. The third-order valence-electron chi connectivity index (χ3n) is 4.42. The van der Waals surface area contributed by atoms with Crippen LogP contribution in [0.15, 0.2) is 30.3 Å². The zero-order valence-electron chi connectivity index (χ0n) is 17.9. The second-order valence-electron chi connectivity index (χ2n) is 7.67. The highest BCUT2D eigenvalue weighted by Crippen LogP contribution is 2.07. The Hall–Kier alpha value is -2.26. The maximum atomic E-state index is 12.6. The lowest BCUT2D eigenvalue weighted by molar-refractivity contribution is -0.139. The number of rotatable bonds is 13. The number of carbonyl (C=O) groups is 3. The average Bonchev–Trinajstić information content (AvgIpc) is 2.69. The minimum absolute atomic E-state index is 0.158. The van der Waals surface area contributed by atoms with Gasteiger partial charge in [0, 0.05) is 12.6 Å². The monoisotopic (exact) mass is 438 g/mol.